The fourth-order valence-corrected chi connectivity index (χ4v) is 4.40. The van der Waals surface area contributed by atoms with Crippen molar-refractivity contribution in [2.45, 2.75) is 19.3 Å². The number of rotatable bonds is 3. The number of benzene rings is 1. The van der Waals surface area contributed by atoms with E-state index < -0.39 is 5.97 Å². The van der Waals surface area contributed by atoms with Crippen LogP contribution in [-0.4, -0.2) is 43.9 Å². The van der Waals surface area contributed by atoms with Gasteiger partial charge in [-0.15, -0.1) is 0 Å². The third-order valence-electron chi connectivity index (χ3n) is 5.40. The van der Waals surface area contributed by atoms with Crippen LogP contribution in [0.4, 0.5) is 5.69 Å². The molecular weight excluding hydrogens is 292 g/mol. The van der Waals surface area contributed by atoms with Gasteiger partial charge in [0.25, 0.3) is 0 Å². The molecule has 2 fully saturated rings. The first-order valence-electron chi connectivity index (χ1n) is 8.51. The molecule has 0 aromatic heterocycles. The number of hydrogen-bond acceptors (Lipinski definition) is 3. The highest BCUT2D eigenvalue weighted by Crippen LogP contribution is 2.48. The second-order valence-electron chi connectivity index (χ2n) is 6.77. The number of carbonyl (C=O) groups is 1. The number of nitrogens with zero attached hydrogens (tertiary/aromatic N) is 1. The molecule has 122 valence electrons. The lowest BCUT2D eigenvalue weighted by Crippen LogP contribution is -2.55. The summed E-state index contributed by atoms with van der Waals surface area (Å²) in [7, 11) is 0. The van der Waals surface area contributed by atoms with E-state index in [9.17, 15) is 9.90 Å². The van der Waals surface area contributed by atoms with Crippen LogP contribution in [0.1, 0.15) is 24.8 Å². The second kappa shape index (κ2) is 5.65. The van der Waals surface area contributed by atoms with Crippen molar-refractivity contribution >= 4 is 17.2 Å². The smallest absolute Gasteiger partial charge is 0.346 e. The molecule has 1 unspecified atom stereocenters. The van der Waals surface area contributed by atoms with E-state index in [-0.39, 0.29) is 0 Å². The zero-order valence-electron chi connectivity index (χ0n) is 13.3. The van der Waals surface area contributed by atoms with Crippen LogP contribution in [-0.2, 0) is 9.53 Å². The van der Waals surface area contributed by atoms with Crippen LogP contribution >= 0.6 is 0 Å². The monoisotopic (exact) mass is 315 g/mol. The lowest BCUT2D eigenvalue weighted by molar-refractivity contribution is -0.130. The third-order valence-corrected chi connectivity index (χ3v) is 5.40. The van der Waals surface area contributed by atoms with Crippen LogP contribution in [0.25, 0.3) is 5.57 Å². The van der Waals surface area contributed by atoms with E-state index in [1.165, 1.54) is 0 Å². The quantitative estimate of drug-likeness (QED) is 0.840. The topological polar surface area (TPSA) is 58.6 Å². The van der Waals surface area contributed by atoms with Crippen LogP contribution in [0.5, 0.6) is 0 Å². The van der Waals surface area contributed by atoms with Gasteiger partial charge in [0.05, 0.1) is 25.3 Å². The molecule has 1 aromatic carbocycles. The van der Waals surface area contributed by atoms with E-state index in [2.05, 4.69) is 11.4 Å². The average molecular weight is 315 g/mol. The molecule has 4 rings (SSSR count). The molecule has 5 heteroatoms. The second-order valence-corrected chi connectivity index (χ2v) is 6.77. The Morgan fingerprint density at radius 2 is 2.09 bits per heavy atom. The summed E-state index contributed by atoms with van der Waals surface area (Å²) >= 11 is 0. The predicted molar refractivity (Wildman–Crippen MR) is 88.7 cm³/mol. The van der Waals surface area contributed by atoms with Gasteiger partial charge in [-0.3, -0.25) is 0 Å². The molecule has 2 N–H and O–H groups in total. The summed E-state index contributed by atoms with van der Waals surface area (Å²) < 4.78 is 6.56. The SMILES string of the molecule is O=C(O)C1=C2OCCC[N+]2(CC2CCNCC2)c2ccccc21. The number of quaternary nitrogens is 1. The third kappa shape index (κ3) is 2.26. The normalized spacial score (nSPS) is 27.3. The van der Waals surface area contributed by atoms with Gasteiger partial charge in [-0.25, -0.2) is 9.28 Å². The lowest BCUT2D eigenvalue weighted by atomic mass is 9.95. The van der Waals surface area contributed by atoms with Gasteiger partial charge in [-0.2, -0.15) is 0 Å². The van der Waals surface area contributed by atoms with Gasteiger partial charge in [0.2, 0.25) is 0 Å². The Balaban J connectivity index is 1.82. The fraction of sp³-hybridized carbons (Fsp3) is 0.500. The lowest BCUT2D eigenvalue weighted by Gasteiger charge is -2.41. The number of carboxylic acid groups (broad SMARTS) is 1. The molecule has 0 amide bonds. The maximum atomic E-state index is 11.9. The fourth-order valence-electron chi connectivity index (χ4n) is 4.40. The number of hydrogen-bond donors (Lipinski definition) is 2. The molecule has 2 saturated heterocycles. The largest absolute Gasteiger partial charge is 0.477 e. The maximum absolute atomic E-state index is 11.9. The zero-order valence-corrected chi connectivity index (χ0v) is 13.3. The molecule has 5 nitrogen and oxygen atoms in total. The minimum atomic E-state index is -0.875. The Labute approximate surface area is 136 Å². The van der Waals surface area contributed by atoms with Gasteiger partial charge in [0.15, 0.2) is 5.57 Å². The van der Waals surface area contributed by atoms with Gasteiger partial charge in [-0.05, 0) is 32.0 Å². The summed E-state index contributed by atoms with van der Waals surface area (Å²) in [6.07, 6.45) is 3.27. The first kappa shape index (κ1) is 14.7. The number of aliphatic carboxylic acids is 1. The zero-order chi connectivity index (χ0) is 15.9. The van der Waals surface area contributed by atoms with Crippen LogP contribution < -0.4 is 9.80 Å². The Kier molecular flexibility index (Phi) is 3.62. The summed E-state index contributed by atoms with van der Waals surface area (Å²) in [4.78, 5) is 11.9. The highest BCUT2D eigenvalue weighted by Gasteiger charge is 2.52. The van der Waals surface area contributed by atoms with Crippen molar-refractivity contribution in [1.29, 1.82) is 0 Å². The highest BCUT2D eigenvalue weighted by molar-refractivity contribution is 6.19. The molecule has 3 heterocycles. The molecule has 0 aliphatic carbocycles. The van der Waals surface area contributed by atoms with Crippen molar-refractivity contribution in [3.8, 4) is 0 Å². The standard InChI is InChI=1S/C18H22N2O3/c21-18(22)16-14-4-1-2-5-15(14)20(10-3-11-23-17(16)20)12-13-6-8-19-9-7-13/h1-2,4-5,13,19H,3,6-12H2/p+1. The molecule has 0 spiro atoms. The molecule has 1 aromatic rings. The first-order chi connectivity index (χ1) is 11.2. The molecule has 1 atom stereocenters. The van der Waals surface area contributed by atoms with Crippen LogP contribution in [0, 0.1) is 5.92 Å². The number of para-hydroxylation sites is 1. The Morgan fingerprint density at radius 1 is 1.30 bits per heavy atom. The number of piperidine rings is 1. The summed E-state index contributed by atoms with van der Waals surface area (Å²) in [5, 5.41) is 13.2. The molecule has 3 aliphatic rings. The van der Waals surface area contributed by atoms with E-state index in [1.807, 2.05) is 18.2 Å². The summed E-state index contributed by atoms with van der Waals surface area (Å²) in [5.41, 5.74) is 2.32. The number of fused-ring (bicyclic) bond motifs is 3. The maximum Gasteiger partial charge on any atom is 0.346 e. The van der Waals surface area contributed by atoms with Crippen LogP contribution in [0.15, 0.2) is 30.1 Å². The van der Waals surface area contributed by atoms with Gasteiger partial charge in [-0.1, -0.05) is 12.1 Å². The van der Waals surface area contributed by atoms with Crippen LogP contribution in [0.3, 0.4) is 0 Å². The number of ether oxygens (including phenoxy) is 1. The highest BCUT2D eigenvalue weighted by atomic mass is 16.5. The molecule has 0 bridgehead atoms. The molecule has 23 heavy (non-hydrogen) atoms. The number of nitrogens with one attached hydrogen (secondary N) is 1. The van der Waals surface area contributed by atoms with E-state index >= 15 is 0 Å². The molecular formula is C18H23N2O3+. The van der Waals surface area contributed by atoms with Gasteiger partial charge >= 0.3 is 11.9 Å². The van der Waals surface area contributed by atoms with Crippen molar-refractivity contribution in [2.24, 2.45) is 5.92 Å². The summed E-state index contributed by atoms with van der Waals surface area (Å²) in [6, 6.07) is 7.94. The summed E-state index contributed by atoms with van der Waals surface area (Å²) in [5.74, 6) is 0.400. The van der Waals surface area contributed by atoms with Crippen LogP contribution in [0.2, 0.25) is 0 Å². The van der Waals surface area contributed by atoms with Gasteiger partial charge in [0.1, 0.15) is 5.69 Å². The summed E-state index contributed by atoms with van der Waals surface area (Å²) in [6.45, 7) is 4.61. The number of carboxylic acids is 1. The molecule has 0 saturated carbocycles. The Morgan fingerprint density at radius 3 is 2.87 bits per heavy atom. The van der Waals surface area contributed by atoms with Gasteiger partial charge < -0.3 is 15.2 Å². The average Bonchev–Trinajstić information content (AvgIpc) is 2.86. The van der Waals surface area contributed by atoms with Crippen molar-refractivity contribution in [3.63, 3.8) is 0 Å². The molecule has 0 radical (unpaired) electrons. The van der Waals surface area contributed by atoms with E-state index in [0.717, 1.165) is 56.7 Å². The van der Waals surface area contributed by atoms with Crippen molar-refractivity contribution in [1.82, 2.24) is 9.80 Å². The minimum Gasteiger partial charge on any atom is -0.477 e. The van der Waals surface area contributed by atoms with E-state index in [4.69, 9.17) is 4.74 Å². The van der Waals surface area contributed by atoms with Crippen molar-refractivity contribution < 1.29 is 14.6 Å². The van der Waals surface area contributed by atoms with E-state index in [1.54, 1.807) is 0 Å². The van der Waals surface area contributed by atoms with Crippen molar-refractivity contribution in [2.75, 3.05) is 32.8 Å². The Hall–Kier alpha value is -1.85. The Bertz CT molecular complexity index is 664. The first-order valence-corrected chi connectivity index (χ1v) is 8.51. The van der Waals surface area contributed by atoms with Crippen molar-refractivity contribution in [3.05, 3.63) is 35.7 Å². The minimum absolute atomic E-state index is 0.370. The van der Waals surface area contributed by atoms with Gasteiger partial charge in [0, 0.05) is 18.4 Å². The van der Waals surface area contributed by atoms with E-state index in [0.29, 0.717) is 28.5 Å². The molecule has 3 aliphatic heterocycles. The predicted octanol–water partition coefficient (Wildman–Crippen LogP) is 2.18.